The number of hydrogen-bond acceptors (Lipinski definition) is 6. The van der Waals surface area contributed by atoms with Crippen molar-refractivity contribution in [2.75, 3.05) is 31.1 Å². The van der Waals surface area contributed by atoms with Crippen LogP contribution in [0.3, 0.4) is 0 Å². The number of carbonyl (C=O) groups is 1. The average molecular weight is 403 g/mol. The molecule has 0 unspecified atom stereocenters. The highest BCUT2D eigenvalue weighted by atomic mass is 16.5. The third kappa shape index (κ3) is 4.56. The van der Waals surface area contributed by atoms with Gasteiger partial charge in [0.2, 0.25) is 0 Å². The molecule has 0 spiro atoms. The van der Waals surface area contributed by atoms with Gasteiger partial charge in [-0.1, -0.05) is 0 Å². The fourth-order valence-electron chi connectivity index (χ4n) is 3.43. The van der Waals surface area contributed by atoms with Crippen molar-refractivity contribution < 1.29 is 9.53 Å². The zero-order chi connectivity index (χ0) is 20.9. The van der Waals surface area contributed by atoms with Crippen LogP contribution in [0, 0.1) is 0 Å². The van der Waals surface area contributed by atoms with Crippen LogP contribution in [0.4, 0.5) is 5.82 Å². The molecule has 3 heterocycles. The molecule has 0 aliphatic carbocycles. The van der Waals surface area contributed by atoms with E-state index in [0.717, 1.165) is 35.9 Å². The van der Waals surface area contributed by atoms with Crippen LogP contribution in [0.1, 0.15) is 24.2 Å². The second-order valence-electron chi connectivity index (χ2n) is 7.49. The lowest BCUT2D eigenvalue weighted by atomic mass is 10.1. The topological polar surface area (TPSA) is 71.5 Å². The van der Waals surface area contributed by atoms with Crippen LogP contribution >= 0.6 is 0 Å². The van der Waals surface area contributed by atoms with Crippen LogP contribution in [-0.2, 0) is 0 Å². The lowest BCUT2D eigenvalue weighted by Gasteiger charge is -2.35. The van der Waals surface area contributed by atoms with Crippen LogP contribution in [0.15, 0.2) is 60.9 Å². The molecule has 1 fully saturated rings. The second-order valence-corrected chi connectivity index (χ2v) is 7.49. The van der Waals surface area contributed by atoms with Crippen molar-refractivity contribution in [3.8, 4) is 17.0 Å². The maximum atomic E-state index is 12.8. The summed E-state index contributed by atoms with van der Waals surface area (Å²) in [6, 6.07) is 15.1. The van der Waals surface area contributed by atoms with Gasteiger partial charge in [-0.25, -0.2) is 0 Å². The Labute approximate surface area is 176 Å². The highest BCUT2D eigenvalue weighted by molar-refractivity contribution is 5.94. The van der Waals surface area contributed by atoms with Crippen molar-refractivity contribution in [1.29, 1.82) is 0 Å². The minimum atomic E-state index is 0.0451. The molecule has 3 aromatic rings. The summed E-state index contributed by atoms with van der Waals surface area (Å²) >= 11 is 0. The van der Waals surface area contributed by atoms with Crippen LogP contribution in [0.2, 0.25) is 0 Å². The molecule has 1 amide bonds. The highest BCUT2D eigenvalue weighted by Crippen LogP contribution is 2.20. The van der Waals surface area contributed by atoms with Crippen LogP contribution in [0.25, 0.3) is 11.3 Å². The number of anilines is 1. The molecule has 1 aliphatic rings. The normalized spacial score (nSPS) is 14.1. The minimum Gasteiger partial charge on any atom is -0.491 e. The van der Waals surface area contributed by atoms with Gasteiger partial charge in [0.15, 0.2) is 5.82 Å². The maximum absolute atomic E-state index is 12.8. The number of pyridine rings is 1. The number of hydrogen-bond donors (Lipinski definition) is 0. The molecule has 30 heavy (non-hydrogen) atoms. The lowest BCUT2D eigenvalue weighted by molar-refractivity contribution is 0.0746. The van der Waals surface area contributed by atoms with E-state index >= 15 is 0 Å². The average Bonchev–Trinajstić information content (AvgIpc) is 2.80. The number of rotatable bonds is 5. The Bertz CT molecular complexity index is 967. The van der Waals surface area contributed by atoms with E-state index in [0.29, 0.717) is 18.7 Å². The first-order valence-electron chi connectivity index (χ1n) is 10.2. The molecule has 0 bridgehead atoms. The first-order valence-corrected chi connectivity index (χ1v) is 10.2. The molecule has 1 aromatic carbocycles. The number of aromatic nitrogens is 3. The Balaban J connectivity index is 1.35. The molecule has 0 radical (unpaired) electrons. The quantitative estimate of drug-likeness (QED) is 0.651. The van der Waals surface area contributed by atoms with Gasteiger partial charge in [-0.2, -0.15) is 0 Å². The fourth-order valence-corrected chi connectivity index (χ4v) is 3.43. The third-order valence-electron chi connectivity index (χ3n) is 4.97. The zero-order valence-corrected chi connectivity index (χ0v) is 17.2. The molecule has 7 nitrogen and oxygen atoms in total. The van der Waals surface area contributed by atoms with Gasteiger partial charge in [-0.05, 0) is 62.4 Å². The summed E-state index contributed by atoms with van der Waals surface area (Å²) in [5, 5.41) is 8.70. The standard InChI is InChI=1S/C23H25N5O2/c1-17(2)30-20-7-5-18(6-8-20)23(29)28-14-12-27(13-15-28)22-10-9-21(25-26-22)19-4-3-11-24-16-19/h3-11,16-17H,12-15H2,1-2H3. The molecule has 4 rings (SSSR count). The lowest BCUT2D eigenvalue weighted by Crippen LogP contribution is -2.49. The molecule has 1 saturated heterocycles. The Kier molecular flexibility index (Phi) is 5.88. The summed E-state index contributed by atoms with van der Waals surface area (Å²) in [7, 11) is 0. The van der Waals surface area contributed by atoms with Crippen molar-refractivity contribution in [3.05, 3.63) is 66.5 Å². The Morgan fingerprint density at radius 1 is 0.967 bits per heavy atom. The largest absolute Gasteiger partial charge is 0.491 e. The summed E-state index contributed by atoms with van der Waals surface area (Å²) < 4.78 is 5.65. The Morgan fingerprint density at radius 2 is 1.73 bits per heavy atom. The predicted molar refractivity (Wildman–Crippen MR) is 116 cm³/mol. The van der Waals surface area contributed by atoms with Crippen molar-refractivity contribution in [1.82, 2.24) is 20.1 Å². The summed E-state index contributed by atoms with van der Waals surface area (Å²) in [5.74, 6) is 1.65. The van der Waals surface area contributed by atoms with Crippen LogP contribution in [0.5, 0.6) is 5.75 Å². The molecule has 2 aromatic heterocycles. The monoisotopic (exact) mass is 403 g/mol. The Hall–Kier alpha value is -3.48. The first-order chi connectivity index (χ1) is 14.6. The number of ether oxygens (including phenoxy) is 1. The minimum absolute atomic E-state index is 0.0451. The van der Waals surface area contributed by atoms with Gasteiger partial charge in [-0.3, -0.25) is 9.78 Å². The van der Waals surface area contributed by atoms with Crippen molar-refractivity contribution in [2.45, 2.75) is 20.0 Å². The van der Waals surface area contributed by atoms with E-state index in [2.05, 4.69) is 20.1 Å². The SMILES string of the molecule is CC(C)Oc1ccc(C(=O)N2CCN(c3ccc(-c4cccnc4)nn3)CC2)cc1. The maximum Gasteiger partial charge on any atom is 0.253 e. The van der Waals surface area contributed by atoms with E-state index < -0.39 is 0 Å². The molecule has 7 heteroatoms. The van der Waals surface area contributed by atoms with Crippen molar-refractivity contribution >= 4 is 11.7 Å². The summed E-state index contributed by atoms with van der Waals surface area (Å²) in [5.41, 5.74) is 2.42. The van der Waals surface area contributed by atoms with Crippen molar-refractivity contribution in [2.24, 2.45) is 0 Å². The van der Waals surface area contributed by atoms with E-state index in [9.17, 15) is 4.79 Å². The second kappa shape index (κ2) is 8.90. The van der Waals surface area contributed by atoms with Gasteiger partial charge in [-0.15, -0.1) is 10.2 Å². The molecule has 0 saturated carbocycles. The first kappa shape index (κ1) is 19.8. The third-order valence-corrected chi connectivity index (χ3v) is 4.97. The number of nitrogens with zero attached hydrogens (tertiary/aromatic N) is 5. The number of piperazine rings is 1. The summed E-state index contributed by atoms with van der Waals surface area (Å²) in [6.45, 7) is 6.71. The smallest absolute Gasteiger partial charge is 0.253 e. The Morgan fingerprint density at radius 3 is 2.33 bits per heavy atom. The highest BCUT2D eigenvalue weighted by Gasteiger charge is 2.23. The van der Waals surface area contributed by atoms with E-state index in [-0.39, 0.29) is 12.0 Å². The number of amides is 1. The fraction of sp³-hybridized carbons (Fsp3) is 0.304. The van der Waals surface area contributed by atoms with Crippen LogP contribution < -0.4 is 9.64 Å². The van der Waals surface area contributed by atoms with E-state index in [1.54, 1.807) is 12.4 Å². The van der Waals surface area contributed by atoms with E-state index in [1.807, 2.05) is 67.3 Å². The molecular formula is C23H25N5O2. The number of benzene rings is 1. The van der Waals surface area contributed by atoms with Gasteiger partial charge < -0.3 is 14.5 Å². The zero-order valence-electron chi connectivity index (χ0n) is 17.2. The van der Waals surface area contributed by atoms with Gasteiger partial charge in [0.25, 0.3) is 5.91 Å². The van der Waals surface area contributed by atoms with Gasteiger partial charge in [0.05, 0.1) is 11.8 Å². The van der Waals surface area contributed by atoms with E-state index in [1.165, 1.54) is 0 Å². The molecular weight excluding hydrogens is 378 g/mol. The van der Waals surface area contributed by atoms with Gasteiger partial charge in [0.1, 0.15) is 5.75 Å². The summed E-state index contributed by atoms with van der Waals surface area (Å²) in [6.07, 6.45) is 3.62. The molecule has 1 aliphatic heterocycles. The van der Waals surface area contributed by atoms with Gasteiger partial charge >= 0.3 is 0 Å². The predicted octanol–water partition coefficient (Wildman–Crippen LogP) is 3.29. The van der Waals surface area contributed by atoms with Crippen molar-refractivity contribution in [3.63, 3.8) is 0 Å². The van der Waals surface area contributed by atoms with Crippen LogP contribution in [-0.4, -0.2) is 58.3 Å². The molecule has 0 N–H and O–H groups in total. The number of carbonyl (C=O) groups excluding carboxylic acids is 1. The summed E-state index contributed by atoms with van der Waals surface area (Å²) in [4.78, 5) is 21.0. The van der Waals surface area contributed by atoms with E-state index in [4.69, 9.17) is 4.74 Å². The molecule has 154 valence electrons. The van der Waals surface area contributed by atoms with Gasteiger partial charge in [0, 0.05) is 49.7 Å². The molecule has 0 atom stereocenters.